The number of fused-ring (bicyclic) bond motifs is 10. The highest BCUT2D eigenvalue weighted by molar-refractivity contribution is 6.19. The Hall–Kier alpha value is -6.58. The Morgan fingerprint density at radius 1 is 0.327 bits per heavy atom. The Morgan fingerprint density at radius 2 is 0.898 bits per heavy atom. The summed E-state index contributed by atoms with van der Waals surface area (Å²) in [6.07, 6.45) is 0. The Bertz CT molecular complexity index is 3090. The number of aromatic nitrogens is 2. The Labute approximate surface area is 281 Å². The number of hydrogen-bond acceptors (Lipinski definition) is 1. The maximum absolute atomic E-state index is 6.20. The van der Waals surface area contributed by atoms with Crippen LogP contribution in [-0.4, -0.2) is 9.13 Å². The van der Waals surface area contributed by atoms with Gasteiger partial charge < -0.3 is 13.6 Å². The molecule has 3 aromatic heterocycles. The van der Waals surface area contributed by atoms with E-state index in [0.717, 1.165) is 33.3 Å². The van der Waals surface area contributed by atoms with Crippen LogP contribution in [-0.2, 0) is 0 Å². The van der Waals surface area contributed by atoms with Gasteiger partial charge in [0.1, 0.15) is 11.2 Å². The van der Waals surface area contributed by atoms with E-state index in [2.05, 4.69) is 167 Å². The van der Waals surface area contributed by atoms with Crippen molar-refractivity contribution in [3.05, 3.63) is 170 Å². The van der Waals surface area contributed by atoms with Crippen molar-refractivity contribution >= 4 is 76.3 Å². The number of nitrogens with zero attached hydrogens (tertiary/aromatic N) is 2. The number of furan rings is 1. The van der Waals surface area contributed by atoms with Crippen molar-refractivity contribution in [1.29, 1.82) is 0 Å². The van der Waals surface area contributed by atoms with E-state index in [9.17, 15) is 0 Å². The topological polar surface area (TPSA) is 23.0 Å². The lowest BCUT2D eigenvalue weighted by atomic mass is 9.98. The minimum Gasteiger partial charge on any atom is -0.456 e. The van der Waals surface area contributed by atoms with Crippen molar-refractivity contribution in [2.24, 2.45) is 0 Å². The number of hydrogen-bond donors (Lipinski definition) is 0. The minimum atomic E-state index is 0.903. The molecule has 0 atom stereocenters. The molecule has 11 rings (SSSR count). The van der Waals surface area contributed by atoms with Crippen molar-refractivity contribution in [3.63, 3.8) is 0 Å². The first-order chi connectivity index (χ1) is 24.3. The Kier molecular flexibility index (Phi) is 5.38. The molecule has 0 aliphatic carbocycles. The molecule has 0 bridgehead atoms. The van der Waals surface area contributed by atoms with Gasteiger partial charge in [0.05, 0.1) is 22.1 Å². The normalized spacial score (nSPS) is 12.1. The van der Waals surface area contributed by atoms with Crippen LogP contribution >= 0.6 is 0 Å². The zero-order valence-electron chi connectivity index (χ0n) is 26.5. The molecule has 0 saturated carbocycles. The van der Waals surface area contributed by atoms with Crippen molar-refractivity contribution in [2.45, 2.75) is 0 Å². The molecule has 0 N–H and O–H groups in total. The second-order valence-corrected chi connectivity index (χ2v) is 12.9. The highest BCUT2D eigenvalue weighted by atomic mass is 16.3. The van der Waals surface area contributed by atoms with Gasteiger partial charge in [-0.05, 0) is 82.6 Å². The van der Waals surface area contributed by atoms with Gasteiger partial charge in [-0.1, -0.05) is 109 Å². The summed E-state index contributed by atoms with van der Waals surface area (Å²) in [6, 6.07) is 61.4. The van der Waals surface area contributed by atoms with Gasteiger partial charge >= 0.3 is 0 Å². The fraction of sp³-hybridized carbons (Fsp3) is 0. The van der Waals surface area contributed by atoms with Gasteiger partial charge in [0, 0.05) is 43.7 Å². The highest BCUT2D eigenvalue weighted by Gasteiger charge is 2.19. The van der Waals surface area contributed by atoms with Crippen LogP contribution in [0.15, 0.2) is 174 Å². The first-order valence-electron chi connectivity index (χ1n) is 16.8. The highest BCUT2D eigenvalue weighted by Crippen LogP contribution is 2.41. The van der Waals surface area contributed by atoms with Crippen LogP contribution < -0.4 is 0 Å². The number of para-hydroxylation sites is 3. The van der Waals surface area contributed by atoms with E-state index < -0.39 is 0 Å². The maximum Gasteiger partial charge on any atom is 0.135 e. The van der Waals surface area contributed by atoms with E-state index in [0.29, 0.717) is 0 Å². The van der Waals surface area contributed by atoms with Crippen LogP contribution in [0.4, 0.5) is 0 Å². The van der Waals surface area contributed by atoms with Gasteiger partial charge in [-0.3, -0.25) is 0 Å². The lowest BCUT2D eigenvalue weighted by Crippen LogP contribution is -1.96. The second-order valence-electron chi connectivity index (χ2n) is 12.9. The van der Waals surface area contributed by atoms with Gasteiger partial charge in [0.15, 0.2) is 0 Å². The van der Waals surface area contributed by atoms with Crippen LogP contribution in [0.5, 0.6) is 0 Å². The zero-order chi connectivity index (χ0) is 32.1. The Balaban J connectivity index is 1.17. The SMILES string of the molecule is c1ccc2c(-c3ccc(-n4c5ccccc5c5cc6c7ccccc7n(-c7ccc8oc9ccccc9c8c7)c6cc54)cc3)cccc2c1. The van der Waals surface area contributed by atoms with Crippen LogP contribution in [0.1, 0.15) is 0 Å². The molecule has 0 aliphatic rings. The molecular formula is C46H28N2O. The third-order valence-corrected chi connectivity index (χ3v) is 10.3. The summed E-state index contributed by atoms with van der Waals surface area (Å²) in [5.74, 6) is 0. The lowest BCUT2D eigenvalue weighted by molar-refractivity contribution is 0.669. The molecule has 228 valence electrons. The monoisotopic (exact) mass is 624 g/mol. The van der Waals surface area contributed by atoms with Gasteiger partial charge in [0.25, 0.3) is 0 Å². The third kappa shape index (κ3) is 3.78. The molecule has 0 aliphatic heterocycles. The molecular weight excluding hydrogens is 597 g/mol. The summed E-state index contributed by atoms with van der Waals surface area (Å²) in [5.41, 5.74) is 11.3. The average Bonchev–Trinajstić information content (AvgIpc) is 3.81. The predicted octanol–water partition coefficient (Wildman–Crippen LogP) is 12.6. The fourth-order valence-corrected chi connectivity index (χ4v) is 8.11. The van der Waals surface area contributed by atoms with E-state index in [-0.39, 0.29) is 0 Å². The van der Waals surface area contributed by atoms with Crippen LogP contribution in [0.3, 0.4) is 0 Å². The smallest absolute Gasteiger partial charge is 0.135 e. The lowest BCUT2D eigenvalue weighted by Gasteiger charge is -2.12. The zero-order valence-corrected chi connectivity index (χ0v) is 26.5. The molecule has 11 aromatic rings. The molecule has 8 aromatic carbocycles. The summed E-state index contributed by atoms with van der Waals surface area (Å²) in [4.78, 5) is 0. The summed E-state index contributed by atoms with van der Waals surface area (Å²) in [5, 5.41) is 9.77. The van der Waals surface area contributed by atoms with Crippen molar-refractivity contribution in [2.75, 3.05) is 0 Å². The summed E-state index contributed by atoms with van der Waals surface area (Å²) >= 11 is 0. The van der Waals surface area contributed by atoms with Crippen molar-refractivity contribution < 1.29 is 4.42 Å². The molecule has 0 fully saturated rings. The first kappa shape index (κ1) is 26.5. The molecule has 0 amide bonds. The number of rotatable bonds is 3. The first-order valence-corrected chi connectivity index (χ1v) is 16.8. The third-order valence-electron chi connectivity index (χ3n) is 10.3. The second kappa shape index (κ2) is 9.96. The van der Waals surface area contributed by atoms with E-state index in [1.165, 1.54) is 65.5 Å². The average molecular weight is 625 g/mol. The van der Waals surface area contributed by atoms with Gasteiger partial charge in [0.2, 0.25) is 0 Å². The predicted molar refractivity (Wildman–Crippen MR) is 205 cm³/mol. The fourth-order valence-electron chi connectivity index (χ4n) is 8.11. The van der Waals surface area contributed by atoms with Gasteiger partial charge in [-0.2, -0.15) is 0 Å². The van der Waals surface area contributed by atoms with Crippen LogP contribution in [0.2, 0.25) is 0 Å². The molecule has 3 heterocycles. The van der Waals surface area contributed by atoms with Crippen molar-refractivity contribution in [3.8, 4) is 22.5 Å². The maximum atomic E-state index is 6.20. The van der Waals surface area contributed by atoms with E-state index in [1.807, 2.05) is 12.1 Å². The van der Waals surface area contributed by atoms with E-state index >= 15 is 0 Å². The number of benzene rings is 8. The molecule has 49 heavy (non-hydrogen) atoms. The summed E-state index contributed by atoms with van der Waals surface area (Å²) in [7, 11) is 0. The summed E-state index contributed by atoms with van der Waals surface area (Å²) in [6.45, 7) is 0. The van der Waals surface area contributed by atoms with E-state index in [1.54, 1.807) is 0 Å². The van der Waals surface area contributed by atoms with Crippen LogP contribution in [0, 0.1) is 0 Å². The molecule has 3 heteroatoms. The largest absolute Gasteiger partial charge is 0.456 e. The molecule has 0 radical (unpaired) electrons. The quantitative estimate of drug-likeness (QED) is 0.192. The Morgan fingerprint density at radius 3 is 1.65 bits per heavy atom. The molecule has 0 unspecified atom stereocenters. The molecule has 0 spiro atoms. The standard InChI is InChI=1S/C46H28N2O/c1-2-12-33-29(10-1)11-9-16-34(33)30-20-22-31(23-21-30)47-41-17-6-3-13-35(41)38-27-39-36-14-4-7-18-42(36)48(44(39)28-43(38)47)32-24-25-46-40(26-32)37-15-5-8-19-45(37)49-46/h1-28H. The summed E-state index contributed by atoms with van der Waals surface area (Å²) < 4.78 is 11.0. The van der Waals surface area contributed by atoms with Gasteiger partial charge in [-0.25, -0.2) is 0 Å². The molecule has 0 saturated heterocycles. The van der Waals surface area contributed by atoms with Crippen molar-refractivity contribution in [1.82, 2.24) is 9.13 Å². The van der Waals surface area contributed by atoms with Gasteiger partial charge in [-0.15, -0.1) is 0 Å². The minimum absolute atomic E-state index is 0.903. The van der Waals surface area contributed by atoms with E-state index in [4.69, 9.17) is 4.42 Å². The van der Waals surface area contributed by atoms with Crippen LogP contribution in [0.25, 0.3) is 98.8 Å². The molecule has 3 nitrogen and oxygen atoms in total.